The Kier molecular flexibility index (Phi) is 42.4. The number of unbranched alkanes of at least 4 members (excludes halogenated alkanes) is 8. The fraction of sp³-hybridized carbons (Fsp3) is 0.240. The van der Waals surface area contributed by atoms with Crippen molar-refractivity contribution in [3.8, 4) is 5.75 Å². The first kappa shape index (κ1) is 102. The number of amides is 8. The molecule has 16 N–H and O–H groups in total. The van der Waals surface area contributed by atoms with Gasteiger partial charge in [0, 0.05) is 83.0 Å². The van der Waals surface area contributed by atoms with Crippen LogP contribution >= 0.6 is 0 Å². The van der Waals surface area contributed by atoms with Crippen molar-refractivity contribution in [2.45, 2.75) is 131 Å². The normalized spacial score (nSPS) is 10.4. The third-order valence-corrected chi connectivity index (χ3v) is 20.3. The van der Waals surface area contributed by atoms with Crippen LogP contribution in [-0.2, 0) is 0 Å². The lowest BCUT2D eigenvalue weighted by atomic mass is 10.0. The molecule has 8 aromatic carbocycles. The molecule has 0 unspecified atom stereocenters. The van der Waals surface area contributed by atoms with Crippen LogP contribution in [-0.4, -0.2) is 117 Å². The topological polar surface area (TPSA) is 449 Å². The van der Waals surface area contributed by atoms with Crippen molar-refractivity contribution in [2.75, 3.05) is 75.3 Å². The first-order chi connectivity index (χ1) is 63.5. The number of pyridine rings is 4. The van der Waals surface area contributed by atoms with Crippen LogP contribution in [0.2, 0.25) is 0 Å². The minimum atomic E-state index is -0.374. The van der Waals surface area contributed by atoms with E-state index in [1.165, 1.54) is 0 Å². The molecule has 0 saturated carbocycles. The van der Waals surface area contributed by atoms with Gasteiger partial charge in [-0.05, 0) is 263 Å². The van der Waals surface area contributed by atoms with Crippen molar-refractivity contribution in [3.63, 3.8) is 0 Å². The number of nitrogens with two attached hydrogens (primary N) is 4. The molecule has 0 bridgehead atoms. The van der Waals surface area contributed by atoms with Crippen molar-refractivity contribution >= 4 is 111 Å². The molecule has 0 atom stereocenters. The predicted molar refractivity (Wildman–Crippen MR) is 522 cm³/mol. The zero-order valence-electron chi connectivity index (χ0n) is 74.0. The van der Waals surface area contributed by atoms with Gasteiger partial charge in [-0.1, -0.05) is 140 Å². The SMILES string of the molecule is C.Cc1ccc(NC(=O)c2ccc(C(=O)CCCCCCCN)cc2)c(C(=O)Nc2ccccn2)c1.Cc1ccc(NC(=O)c2ccc(C(=O)CCCCCN)cc2)c(C(=O)Nc2ccccn2)c1.Cc1ccc(NC(=O)c2ccc(C(=O)CCCCN)cc2)c(C(=O)Nc2ccccn2)c1.Cc1ccc(NC(=O)c2ccc(OCCCCN)cc2)c(C(=O)Nc2ccccn2)c1. The molecule has 8 amide bonds. The predicted octanol–water partition coefficient (Wildman–Crippen LogP) is 18.8. The van der Waals surface area contributed by atoms with Crippen molar-refractivity contribution in [1.82, 2.24) is 19.9 Å². The van der Waals surface area contributed by atoms with E-state index in [1.54, 1.807) is 243 Å². The summed E-state index contributed by atoms with van der Waals surface area (Å²) in [5, 5.41) is 22.2. The van der Waals surface area contributed by atoms with Crippen molar-refractivity contribution in [1.29, 1.82) is 0 Å². The zero-order valence-corrected chi connectivity index (χ0v) is 74.0. The van der Waals surface area contributed by atoms with E-state index >= 15 is 0 Å². The van der Waals surface area contributed by atoms with Gasteiger partial charge in [-0.15, -0.1) is 0 Å². The molecule has 4 heterocycles. The first-order valence-electron chi connectivity index (χ1n) is 43.5. The average molecular weight is 1780 g/mol. The summed E-state index contributed by atoms with van der Waals surface area (Å²) in [7, 11) is 0. The summed E-state index contributed by atoms with van der Waals surface area (Å²) in [6.45, 7) is 10.6. The van der Waals surface area contributed by atoms with Gasteiger partial charge in [0.2, 0.25) is 0 Å². The molecule has 28 heteroatoms. The maximum absolute atomic E-state index is 12.9. The summed E-state index contributed by atoms with van der Waals surface area (Å²) < 4.78 is 5.64. The van der Waals surface area contributed by atoms with Gasteiger partial charge in [-0.25, -0.2) is 19.9 Å². The maximum Gasteiger partial charge on any atom is 0.258 e. The Morgan fingerprint density at radius 2 is 0.477 bits per heavy atom. The summed E-state index contributed by atoms with van der Waals surface area (Å²) in [4.78, 5) is 156. The number of ether oxygens (including phenoxy) is 1. The van der Waals surface area contributed by atoms with Crippen LogP contribution < -0.4 is 70.2 Å². The molecule has 12 aromatic rings. The lowest BCUT2D eigenvalue weighted by Crippen LogP contribution is -2.19. The summed E-state index contributed by atoms with van der Waals surface area (Å²) >= 11 is 0. The van der Waals surface area contributed by atoms with E-state index in [0.717, 1.165) is 99.3 Å². The number of nitrogens with one attached hydrogen (secondary N) is 8. The summed E-state index contributed by atoms with van der Waals surface area (Å²) in [6.07, 6.45) is 18.8. The highest BCUT2D eigenvalue weighted by Gasteiger charge is 2.23. The summed E-state index contributed by atoms with van der Waals surface area (Å²) in [6, 6.07) is 68.4. The van der Waals surface area contributed by atoms with Gasteiger partial charge in [-0.2, -0.15) is 0 Å². The Hall–Kier alpha value is -15.2. The fourth-order valence-corrected chi connectivity index (χ4v) is 13.1. The molecule has 0 aliphatic heterocycles. The average Bonchev–Trinajstić information content (AvgIpc) is 0.833. The van der Waals surface area contributed by atoms with Gasteiger partial charge in [0.25, 0.3) is 47.3 Å². The number of carbonyl (C=O) groups excluding carboxylic acids is 11. The highest BCUT2D eigenvalue weighted by Crippen LogP contribution is 2.27. The quantitative estimate of drug-likeness (QED) is 0.0125. The third kappa shape index (κ3) is 33.8. The molecule has 0 aliphatic carbocycles. The maximum atomic E-state index is 12.9. The third-order valence-electron chi connectivity index (χ3n) is 20.3. The first-order valence-corrected chi connectivity index (χ1v) is 43.5. The highest BCUT2D eigenvalue weighted by molar-refractivity contribution is 6.16. The molecule has 0 radical (unpaired) electrons. The lowest BCUT2D eigenvalue weighted by molar-refractivity contribution is 0.0971. The monoisotopic (exact) mass is 1780 g/mol. The Bertz CT molecular complexity index is 5800. The van der Waals surface area contributed by atoms with Gasteiger partial charge in [0.1, 0.15) is 29.0 Å². The molecule has 28 nitrogen and oxygen atoms in total. The molecular weight excluding hydrogens is 1670 g/mol. The second kappa shape index (κ2) is 54.8. The lowest BCUT2D eigenvalue weighted by Gasteiger charge is -2.13. The van der Waals surface area contributed by atoms with E-state index in [0.29, 0.717) is 165 Å². The van der Waals surface area contributed by atoms with Crippen LogP contribution in [0.1, 0.15) is 240 Å². The Morgan fingerprint density at radius 3 is 0.742 bits per heavy atom. The smallest absolute Gasteiger partial charge is 0.258 e. The molecular formula is C104H116N16O12. The highest BCUT2D eigenvalue weighted by atomic mass is 16.5. The van der Waals surface area contributed by atoms with Crippen molar-refractivity contribution < 1.29 is 57.5 Å². The number of ketones is 3. The number of hydrogen-bond donors (Lipinski definition) is 12. The molecule has 684 valence electrons. The largest absolute Gasteiger partial charge is 0.494 e. The van der Waals surface area contributed by atoms with E-state index in [2.05, 4.69) is 62.5 Å². The number of hydrogen-bond acceptors (Lipinski definition) is 20. The molecule has 4 aromatic heterocycles. The molecule has 0 spiro atoms. The van der Waals surface area contributed by atoms with Crippen LogP contribution in [0.3, 0.4) is 0 Å². The van der Waals surface area contributed by atoms with Gasteiger partial charge in [-0.3, -0.25) is 52.7 Å². The van der Waals surface area contributed by atoms with Gasteiger partial charge in [0.05, 0.1) is 51.6 Å². The van der Waals surface area contributed by atoms with Crippen molar-refractivity contribution in [2.24, 2.45) is 22.9 Å². The van der Waals surface area contributed by atoms with E-state index in [4.69, 9.17) is 27.7 Å². The van der Waals surface area contributed by atoms with Crippen LogP contribution in [0.15, 0.2) is 267 Å². The molecule has 132 heavy (non-hydrogen) atoms. The number of rotatable bonds is 40. The number of carbonyl (C=O) groups is 11. The summed E-state index contributed by atoms with van der Waals surface area (Å²) in [5.41, 5.74) is 31.8. The number of nitrogens with zero attached hydrogens (tertiary/aromatic N) is 4. The second-order valence-corrected chi connectivity index (χ2v) is 30.7. The molecule has 0 fully saturated rings. The zero-order chi connectivity index (χ0) is 93.7. The molecule has 0 aliphatic rings. The van der Waals surface area contributed by atoms with Crippen LogP contribution in [0, 0.1) is 27.7 Å². The van der Waals surface area contributed by atoms with Gasteiger partial charge in [0.15, 0.2) is 17.3 Å². The van der Waals surface area contributed by atoms with Crippen LogP contribution in [0.25, 0.3) is 0 Å². The standard InChI is InChI=1S/C28H32N4O3.C26H28N4O3.C25H26N4O3.C24H26N4O3.CH4/c1-20-11-16-24(23(19-20)28(35)32-26-10-6-8-18-30-26)31-27(34)22-14-12-21(13-15-22)25(33)9-5-3-2-4-7-17-29;1-18-9-14-22(21(17-18)26(33)30-24-8-4-6-16-28-24)29-25(32)20-12-10-19(11-13-20)23(31)7-3-2-5-15-27;1-17-8-13-21(20(16-17)25(32)29-23-7-3-5-15-27-23)28-24(31)19-11-9-18(10-12-19)22(30)6-2-4-14-26;1-17-7-12-21(20(16-17)24(30)28-22-6-2-4-14-26-22)27-23(29)18-8-10-19(11-9-18)31-15-5-3-13-25;/h6,8,10-16,18-19H,2-5,7,9,17,29H2,1H3,(H,31,34)(H,30,32,35);4,6,8-14,16-17H,2-3,5,7,15,27H2,1H3,(H,29,32)(H,28,30,33);3,5,7-13,15-16H,2,4,6,14,26H2,1H3,(H,28,31)(H,27,29,32);2,4,6-12,14,16H,3,5,13,15,25H2,1H3,(H,27,29)(H,26,28,30);1H4. The molecule has 12 rings (SSSR count). The fourth-order valence-electron chi connectivity index (χ4n) is 13.1. The number of Topliss-reactive ketones (excluding diaryl/α,β-unsaturated/α-hetero) is 3. The van der Waals surface area contributed by atoms with Gasteiger partial charge < -0.3 is 70.2 Å². The molecule has 0 saturated heterocycles. The van der Waals surface area contributed by atoms with Crippen LogP contribution in [0.4, 0.5) is 46.0 Å². The van der Waals surface area contributed by atoms with E-state index in [1.807, 2.05) is 52.0 Å². The number of aromatic nitrogens is 4. The Balaban J connectivity index is 0.000000216. The van der Waals surface area contributed by atoms with Crippen molar-refractivity contribution in [3.05, 3.63) is 351 Å². The van der Waals surface area contributed by atoms with E-state index in [9.17, 15) is 52.7 Å². The van der Waals surface area contributed by atoms with Crippen LogP contribution in [0.5, 0.6) is 5.75 Å². The van der Waals surface area contributed by atoms with E-state index < -0.39 is 0 Å². The minimum absolute atomic E-state index is 0. The van der Waals surface area contributed by atoms with Gasteiger partial charge >= 0.3 is 0 Å². The Labute approximate surface area is 770 Å². The summed E-state index contributed by atoms with van der Waals surface area (Å²) in [5.74, 6) is -0.339. The minimum Gasteiger partial charge on any atom is -0.494 e. The number of anilines is 8. The van der Waals surface area contributed by atoms with E-state index in [-0.39, 0.29) is 72.0 Å². The Morgan fingerprint density at radius 1 is 0.250 bits per heavy atom. The second-order valence-electron chi connectivity index (χ2n) is 30.7. The number of benzene rings is 8. The number of aryl methyl sites for hydroxylation is 4.